The zero-order valence-corrected chi connectivity index (χ0v) is 28.5. The summed E-state index contributed by atoms with van der Waals surface area (Å²) < 4.78 is 0. The Balaban J connectivity index is 1.82. The summed E-state index contributed by atoms with van der Waals surface area (Å²) >= 11 is 0. The molecule has 2 aromatic carbocycles. The molecule has 6 heteroatoms. The predicted octanol–water partition coefficient (Wildman–Crippen LogP) is 8.18. The van der Waals surface area contributed by atoms with Crippen LogP contribution in [0, 0.1) is 0 Å². The molecule has 0 saturated carbocycles. The molecular weight excluding hydrogens is 544 g/mol. The van der Waals surface area contributed by atoms with Crippen molar-refractivity contribution < 1.29 is 9.59 Å². The SMILES string of the molecule is CCCCCN(CCCCC)CCNC(=O)c1ccc(-c2ccc(C(=O)NCCN(CCCCC)CCCCC)cc2)cc1. The quantitative estimate of drug-likeness (QED) is 0.112. The molecule has 0 saturated heterocycles. The third kappa shape index (κ3) is 15.3. The number of rotatable bonds is 25. The average molecular weight is 607 g/mol. The van der Waals surface area contributed by atoms with Crippen LogP contribution in [0.1, 0.15) is 125 Å². The van der Waals surface area contributed by atoms with Gasteiger partial charge in [-0.1, -0.05) is 103 Å². The van der Waals surface area contributed by atoms with Crippen molar-refractivity contribution in [2.45, 2.75) is 105 Å². The van der Waals surface area contributed by atoms with E-state index < -0.39 is 0 Å². The predicted molar refractivity (Wildman–Crippen MR) is 188 cm³/mol. The monoisotopic (exact) mass is 606 g/mol. The van der Waals surface area contributed by atoms with E-state index in [4.69, 9.17) is 0 Å². The highest BCUT2D eigenvalue weighted by molar-refractivity contribution is 5.95. The third-order valence-electron chi connectivity index (χ3n) is 8.37. The smallest absolute Gasteiger partial charge is 0.251 e. The molecule has 0 aliphatic carbocycles. The topological polar surface area (TPSA) is 64.7 Å². The fourth-order valence-corrected chi connectivity index (χ4v) is 5.50. The van der Waals surface area contributed by atoms with Gasteiger partial charge in [0.2, 0.25) is 0 Å². The second-order valence-corrected chi connectivity index (χ2v) is 12.2. The molecule has 0 fully saturated rings. The third-order valence-corrected chi connectivity index (χ3v) is 8.37. The van der Waals surface area contributed by atoms with Gasteiger partial charge < -0.3 is 20.4 Å². The van der Waals surface area contributed by atoms with Crippen molar-refractivity contribution in [3.63, 3.8) is 0 Å². The summed E-state index contributed by atoms with van der Waals surface area (Å²) in [4.78, 5) is 30.6. The van der Waals surface area contributed by atoms with E-state index >= 15 is 0 Å². The van der Waals surface area contributed by atoms with Crippen LogP contribution in [0.3, 0.4) is 0 Å². The first-order chi connectivity index (χ1) is 21.5. The summed E-state index contributed by atoms with van der Waals surface area (Å²) in [6, 6.07) is 15.5. The number of amides is 2. The largest absolute Gasteiger partial charge is 0.351 e. The van der Waals surface area contributed by atoms with Crippen LogP contribution >= 0.6 is 0 Å². The van der Waals surface area contributed by atoms with Crippen molar-refractivity contribution in [1.82, 2.24) is 20.4 Å². The Morgan fingerprint density at radius 1 is 0.455 bits per heavy atom. The first kappa shape index (κ1) is 37.5. The molecule has 0 aliphatic heterocycles. The fraction of sp³-hybridized carbons (Fsp3) is 0.632. The Morgan fingerprint density at radius 3 is 1.02 bits per heavy atom. The first-order valence-corrected chi connectivity index (χ1v) is 17.7. The summed E-state index contributed by atoms with van der Waals surface area (Å²) in [5.41, 5.74) is 3.40. The number of nitrogens with zero attached hydrogens (tertiary/aromatic N) is 2. The molecule has 2 aromatic rings. The van der Waals surface area contributed by atoms with Gasteiger partial charge in [-0.3, -0.25) is 9.59 Å². The number of hydrogen-bond donors (Lipinski definition) is 2. The van der Waals surface area contributed by atoms with E-state index in [2.05, 4.69) is 48.1 Å². The molecule has 0 bridgehead atoms. The molecule has 6 nitrogen and oxygen atoms in total. The molecule has 0 atom stereocenters. The summed E-state index contributed by atoms with van der Waals surface area (Å²) in [5.74, 6) is -0.0557. The molecule has 2 amide bonds. The van der Waals surface area contributed by atoms with Crippen LogP contribution in [0.2, 0.25) is 0 Å². The van der Waals surface area contributed by atoms with Crippen molar-refractivity contribution in [1.29, 1.82) is 0 Å². The molecule has 246 valence electrons. The van der Waals surface area contributed by atoms with Gasteiger partial charge in [-0.25, -0.2) is 0 Å². The van der Waals surface area contributed by atoms with Crippen molar-refractivity contribution >= 4 is 11.8 Å². The Morgan fingerprint density at radius 2 is 0.750 bits per heavy atom. The number of carbonyl (C=O) groups is 2. The summed E-state index contributed by atoms with van der Waals surface area (Å²) in [5, 5.41) is 6.22. The molecule has 0 heterocycles. The summed E-state index contributed by atoms with van der Waals surface area (Å²) in [6.07, 6.45) is 14.8. The number of nitrogens with one attached hydrogen (secondary N) is 2. The molecule has 0 aliphatic rings. The lowest BCUT2D eigenvalue weighted by molar-refractivity contribution is 0.0939. The van der Waals surface area contributed by atoms with Gasteiger partial charge in [0.25, 0.3) is 11.8 Å². The van der Waals surface area contributed by atoms with Gasteiger partial charge in [-0.05, 0) is 87.3 Å². The highest BCUT2D eigenvalue weighted by Crippen LogP contribution is 2.20. The van der Waals surface area contributed by atoms with E-state index in [-0.39, 0.29) is 11.8 Å². The van der Waals surface area contributed by atoms with E-state index in [1.807, 2.05) is 48.5 Å². The van der Waals surface area contributed by atoms with Crippen LogP contribution in [0.15, 0.2) is 48.5 Å². The van der Waals surface area contributed by atoms with Crippen LogP contribution in [0.5, 0.6) is 0 Å². The minimum absolute atomic E-state index is 0.0278. The van der Waals surface area contributed by atoms with Gasteiger partial charge in [0.1, 0.15) is 0 Å². The molecule has 0 radical (unpaired) electrons. The van der Waals surface area contributed by atoms with Gasteiger partial charge >= 0.3 is 0 Å². The average Bonchev–Trinajstić information content (AvgIpc) is 3.04. The van der Waals surface area contributed by atoms with Gasteiger partial charge in [0.15, 0.2) is 0 Å². The standard InChI is InChI=1S/C38H62N4O2/c1-5-9-13-27-41(28-14-10-6-2)31-25-39-37(43)35-21-17-33(18-22-35)34-19-23-36(24-20-34)38(44)40-26-32-42(29-15-11-7-3)30-16-12-8-4/h17-24H,5-16,25-32H2,1-4H3,(H,39,43)(H,40,44). The maximum atomic E-state index is 12.8. The lowest BCUT2D eigenvalue weighted by Gasteiger charge is -2.22. The number of benzene rings is 2. The second-order valence-electron chi connectivity index (χ2n) is 12.2. The van der Waals surface area contributed by atoms with Crippen LogP contribution in [-0.2, 0) is 0 Å². The van der Waals surface area contributed by atoms with Gasteiger partial charge in [-0.2, -0.15) is 0 Å². The minimum Gasteiger partial charge on any atom is -0.351 e. The van der Waals surface area contributed by atoms with Gasteiger partial charge in [0.05, 0.1) is 0 Å². The summed E-state index contributed by atoms with van der Waals surface area (Å²) in [6.45, 7) is 16.5. The van der Waals surface area contributed by atoms with Gasteiger partial charge in [-0.15, -0.1) is 0 Å². The molecular formula is C38H62N4O2. The van der Waals surface area contributed by atoms with Crippen LogP contribution in [0.4, 0.5) is 0 Å². The van der Waals surface area contributed by atoms with E-state index in [0.717, 1.165) is 50.4 Å². The van der Waals surface area contributed by atoms with E-state index in [0.29, 0.717) is 24.2 Å². The number of carbonyl (C=O) groups excluding carboxylic acids is 2. The Hall–Kier alpha value is -2.70. The van der Waals surface area contributed by atoms with Crippen molar-refractivity contribution in [2.75, 3.05) is 52.4 Å². The maximum Gasteiger partial charge on any atom is 0.251 e. The maximum absolute atomic E-state index is 12.8. The molecule has 0 unspecified atom stereocenters. The second kappa shape index (κ2) is 23.7. The lowest BCUT2D eigenvalue weighted by Crippen LogP contribution is -2.36. The van der Waals surface area contributed by atoms with E-state index in [1.54, 1.807) is 0 Å². The van der Waals surface area contributed by atoms with Crippen molar-refractivity contribution in [3.8, 4) is 11.1 Å². The van der Waals surface area contributed by atoms with Crippen molar-refractivity contribution in [2.24, 2.45) is 0 Å². The Kier molecular flexibility index (Phi) is 20.2. The zero-order chi connectivity index (χ0) is 31.8. The number of hydrogen-bond acceptors (Lipinski definition) is 4. The normalized spacial score (nSPS) is 11.3. The Labute approximate surface area is 269 Å². The molecule has 2 rings (SSSR count). The lowest BCUT2D eigenvalue weighted by atomic mass is 10.0. The van der Waals surface area contributed by atoms with Crippen LogP contribution in [0.25, 0.3) is 11.1 Å². The minimum atomic E-state index is -0.0278. The highest BCUT2D eigenvalue weighted by atomic mass is 16.2. The van der Waals surface area contributed by atoms with E-state index in [9.17, 15) is 9.59 Å². The summed E-state index contributed by atoms with van der Waals surface area (Å²) in [7, 11) is 0. The molecule has 0 spiro atoms. The van der Waals surface area contributed by atoms with Crippen molar-refractivity contribution in [3.05, 3.63) is 59.7 Å². The Bertz CT molecular complexity index is 919. The van der Waals surface area contributed by atoms with Crippen LogP contribution in [-0.4, -0.2) is 74.0 Å². The number of unbranched alkanes of at least 4 members (excludes halogenated alkanes) is 8. The molecule has 0 aromatic heterocycles. The molecule has 44 heavy (non-hydrogen) atoms. The van der Waals surface area contributed by atoms with E-state index in [1.165, 1.54) is 77.0 Å². The zero-order valence-electron chi connectivity index (χ0n) is 28.5. The fourth-order valence-electron chi connectivity index (χ4n) is 5.50. The van der Waals surface area contributed by atoms with Crippen LogP contribution < -0.4 is 10.6 Å². The molecule has 2 N–H and O–H groups in total. The first-order valence-electron chi connectivity index (χ1n) is 17.7. The van der Waals surface area contributed by atoms with Gasteiger partial charge in [0, 0.05) is 37.3 Å². The highest BCUT2D eigenvalue weighted by Gasteiger charge is 2.11.